The molecular formula is C18H27N5O3. The van der Waals surface area contributed by atoms with E-state index in [1.807, 2.05) is 0 Å². The molecule has 0 radical (unpaired) electrons. The number of aromatic amines is 2. The molecule has 8 heteroatoms. The number of isocyanates is 1. The number of hydrogen-bond donors (Lipinski definition) is 3. The summed E-state index contributed by atoms with van der Waals surface area (Å²) in [4.78, 5) is 40.6. The quantitative estimate of drug-likeness (QED) is 0.563. The van der Waals surface area contributed by atoms with Crippen molar-refractivity contribution in [2.45, 2.75) is 59.0 Å². The van der Waals surface area contributed by atoms with E-state index in [0.717, 1.165) is 25.0 Å². The van der Waals surface area contributed by atoms with Crippen molar-refractivity contribution in [1.82, 2.24) is 20.4 Å². The lowest BCUT2D eigenvalue weighted by atomic mass is 9.62. The van der Waals surface area contributed by atoms with Gasteiger partial charge in [-0.3, -0.25) is 9.89 Å². The van der Waals surface area contributed by atoms with Gasteiger partial charge in [0.05, 0.1) is 18.7 Å². The van der Waals surface area contributed by atoms with Crippen molar-refractivity contribution in [2.24, 2.45) is 15.8 Å². The molecule has 2 atom stereocenters. The zero-order chi connectivity index (χ0) is 18.9. The number of hydrogen-bond acceptors (Lipinski definition) is 4. The Morgan fingerprint density at radius 3 is 2.85 bits per heavy atom. The van der Waals surface area contributed by atoms with Crippen LogP contribution in [-0.2, 0) is 17.8 Å². The van der Waals surface area contributed by atoms with Gasteiger partial charge >= 0.3 is 6.03 Å². The number of rotatable bonds is 3. The van der Waals surface area contributed by atoms with Crippen LogP contribution in [-0.4, -0.2) is 46.3 Å². The van der Waals surface area contributed by atoms with E-state index >= 15 is 0 Å². The van der Waals surface area contributed by atoms with Crippen LogP contribution < -0.4 is 10.9 Å². The minimum atomic E-state index is -0.157. The second-order valence-electron chi connectivity index (χ2n) is 8.82. The Balaban J connectivity index is 1.67. The highest BCUT2D eigenvalue weighted by atomic mass is 16.2. The molecule has 1 aromatic heterocycles. The number of nitrogens with one attached hydrogen (secondary N) is 3. The molecule has 2 aliphatic rings. The topological polar surface area (TPSA) is 110 Å². The lowest BCUT2D eigenvalue weighted by Gasteiger charge is -2.46. The highest BCUT2D eigenvalue weighted by Crippen LogP contribution is 2.46. The van der Waals surface area contributed by atoms with Crippen LogP contribution in [0, 0.1) is 10.8 Å². The van der Waals surface area contributed by atoms with Gasteiger partial charge in [-0.05, 0) is 30.1 Å². The Morgan fingerprint density at radius 1 is 1.35 bits per heavy atom. The fraction of sp³-hybridized carbons (Fsp3) is 0.722. The summed E-state index contributed by atoms with van der Waals surface area (Å²) in [6, 6.07) is -0.121. The summed E-state index contributed by atoms with van der Waals surface area (Å²) >= 11 is 0. The average Bonchev–Trinajstić information content (AvgIpc) is 2.92. The van der Waals surface area contributed by atoms with Gasteiger partial charge < -0.3 is 15.3 Å². The maximum Gasteiger partial charge on any atom is 0.317 e. The summed E-state index contributed by atoms with van der Waals surface area (Å²) in [6.45, 7) is 7.80. The van der Waals surface area contributed by atoms with E-state index < -0.39 is 0 Å². The molecule has 0 saturated heterocycles. The largest absolute Gasteiger partial charge is 0.335 e. The Hall–Kier alpha value is -2.34. The maximum atomic E-state index is 12.8. The smallest absolute Gasteiger partial charge is 0.317 e. The number of carbonyl (C=O) groups excluding carboxylic acids is 2. The van der Waals surface area contributed by atoms with Gasteiger partial charge in [0.1, 0.15) is 0 Å². The van der Waals surface area contributed by atoms with Crippen molar-refractivity contribution in [1.29, 1.82) is 0 Å². The molecule has 142 valence electrons. The Kier molecular flexibility index (Phi) is 4.80. The number of nitrogens with zero attached hydrogens (tertiary/aromatic N) is 2. The first-order chi connectivity index (χ1) is 12.2. The normalized spacial score (nSPS) is 27.3. The van der Waals surface area contributed by atoms with Crippen molar-refractivity contribution >= 4 is 12.1 Å². The average molecular weight is 361 g/mol. The van der Waals surface area contributed by atoms with Crippen molar-refractivity contribution < 1.29 is 9.59 Å². The van der Waals surface area contributed by atoms with Gasteiger partial charge in [-0.2, -0.15) is 0 Å². The third kappa shape index (κ3) is 3.90. The molecule has 1 aliphatic carbocycles. The molecule has 8 nitrogen and oxygen atoms in total. The number of H-pyrrole nitrogens is 2. The lowest BCUT2D eigenvalue weighted by molar-refractivity contribution is 0.0773. The monoisotopic (exact) mass is 361 g/mol. The zero-order valence-electron chi connectivity index (χ0n) is 15.6. The second kappa shape index (κ2) is 6.76. The highest BCUT2D eigenvalue weighted by Gasteiger charge is 2.42. The molecule has 3 rings (SSSR count). The Morgan fingerprint density at radius 2 is 2.12 bits per heavy atom. The maximum absolute atomic E-state index is 12.8. The molecule has 3 N–H and O–H groups in total. The van der Waals surface area contributed by atoms with E-state index in [9.17, 15) is 14.4 Å². The molecule has 0 aromatic carbocycles. The lowest BCUT2D eigenvalue weighted by Crippen LogP contribution is -2.52. The second-order valence-corrected chi connectivity index (χ2v) is 8.82. The fourth-order valence-electron chi connectivity index (χ4n) is 4.84. The van der Waals surface area contributed by atoms with Crippen LogP contribution in [0.3, 0.4) is 0 Å². The van der Waals surface area contributed by atoms with Gasteiger partial charge in [0.25, 0.3) is 5.56 Å². The van der Waals surface area contributed by atoms with Crippen LogP contribution in [0.5, 0.6) is 0 Å². The first kappa shape index (κ1) is 18.5. The molecule has 0 spiro atoms. The predicted octanol–water partition coefficient (Wildman–Crippen LogP) is 1.69. The van der Waals surface area contributed by atoms with Crippen LogP contribution in [0.15, 0.2) is 9.79 Å². The van der Waals surface area contributed by atoms with Crippen LogP contribution in [0.1, 0.15) is 51.3 Å². The summed E-state index contributed by atoms with van der Waals surface area (Å²) in [7, 11) is 0. The van der Waals surface area contributed by atoms with Crippen molar-refractivity contribution in [2.75, 3.05) is 13.1 Å². The molecular weight excluding hydrogens is 334 g/mol. The van der Waals surface area contributed by atoms with Gasteiger partial charge in [-0.15, -0.1) is 0 Å². The molecule has 0 bridgehead atoms. The van der Waals surface area contributed by atoms with Crippen LogP contribution in [0.2, 0.25) is 0 Å². The summed E-state index contributed by atoms with van der Waals surface area (Å²) < 4.78 is 0. The van der Waals surface area contributed by atoms with Crippen LogP contribution >= 0.6 is 0 Å². The standard InChI is InChI=1S/C18H27N5O3/c1-17(2)6-12(7-18(3,9-17)10-19-11-24)20-16(26)23-5-4-14-13(8-23)15(25)22-21-14/h12H,4-10H2,1-3H3,(H,20,26)(H2,21,22,25). The fourth-order valence-corrected chi connectivity index (χ4v) is 4.84. The SMILES string of the molecule is CC1(C)CC(NC(=O)N2CCc3[nH][nH]c(=O)c3C2)CC(C)(CN=C=O)C1. The van der Waals surface area contributed by atoms with Crippen molar-refractivity contribution in [3.63, 3.8) is 0 Å². The molecule has 2 amide bonds. The molecule has 2 heterocycles. The van der Waals surface area contributed by atoms with E-state index in [1.54, 1.807) is 11.0 Å². The third-order valence-corrected chi connectivity index (χ3v) is 5.53. The van der Waals surface area contributed by atoms with E-state index in [4.69, 9.17) is 0 Å². The molecule has 1 aromatic rings. The van der Waals surface area contributed by atoms with Gasteiger partial charge in [0.2, 0.25) is 6.08 Å². The summed E-state index contributed by atoms with van der Waals surface area (Å²) in [6.07, 6.45) is 4.87. The van der Waals surface area contributed by atoms with Gasteiger partial charge in [-0.1, -0.05) is 20.8 Å². The Labute approximate surface area is 152 Å². The van der Waals surface area contributed by atoms with Crippen LogP contribution in [0.25, 0.3) is 0 Å². The number of urea groups is 1. The summed E-state index contributed by atoms with van der Waals surface area (Å²) in [5.41, 5.74) is 1.29. The molecule has 1 saturated carbocycles. The molecule has 1 aliphatic heterocycles. The van der Waals surface area contributed by atoms with Gasteiger partial charge in [0.15, 0.2) is 0 Å². The number of aliphatic imine (C=N–C) groups is 1. The summed E-state index contributed by atoms with van der Waals surface area (Å²) in [5.74, 6) is 0. The van der Waals surface area contributed by atoms with E-state index in [2.05, 4.69) is 41.3 Å². The number of aromatic nitrogens is 2. The third-order valence-electron chi connectivity index (χ3n) is 5.53. The number of amides is 2. The first-order valence-electron chi connectivity index (χ1n) is 9.09. The minimum absolute atomic E-state index is 0.0176. The van der Waals surface area contributed by atoms with Gasteiger partial charge in [-0.25, -0.2) is 14.6 Å². The Bertz CT molecular complexity index is 789. The number of fused-ring (bicyclic) bond motifs is 1. The van der Waals surface area contributed by atoms with Crippen molar-refractivity contribution in [3.05, 3.63) is 21.6 Å². The summed E-state index contributed by atoms with van der Waals surface area (Å²) in [5, 5.41) is 8.59. The molecule has 26 heavy (non-hydrogen) atoms. The molecule has 2 unspecified atom stereocenters. The van der Waals surface area contributed by atoms with Gasteiger partial charge in [0, 0.05) is 24.7 Å². The zero-order valence-corrected chi connectivity index (χ0v) is 15.6. The minimum Gasteiger partial charge on any atom is -0.335 e. The predicted molar refractivity (Wildman–Crippen MR) is 96.6 cm³/mol. The van der Waals surface area contributed by atoms with E-state index in [-0.39, 0.29) is 28.5 Å². The van der Waals surface area contributed by atoms with E-state index in [0.29, 0.717) is 31.6 Å². The van der Waals surface area contributed by atoms with Crippen LogP contribution in [0.4, 0.5) is 4.79 Å². The first-order valence-corrected chi connectivity index (χ1v) is 9.09. The molecule has 1 fully saturated rings. The van der Waals surface area contributed by atoms with E-state index in [1.165, 1.54) is 0 Å². The van der Waals surface area contributed by atoms with Crippen molar-refractivity contribution in [3.8, 4) is 0 Å². The highest BCUT2D eigenvalue weighted by molar-refractivity contribution is 5.75. The number of carbonyl (C=O) groups is 1.